The number of nitrogens with zero attached hydrogens (tertiary/aromatic N) is 5. The number of hydrogen-bond donors (Lipinski definition) is 2. The summed E-state index contributed by atoms with van der Waals surface area (Å²) in [4.78, 5) is 15.2. The van der Waals surface area contributed by atoms with Crippen molar-refractivity contribution in [2.75, 3.05) is 29.1 Å². The summed E-state index contributed by atoms with van der Waals surface area (Å²) in [5.74, 6) is -2.31. The van der Waals surface area contributed by atoms with E-state index < -0.39 is 17.5 Å². The highest BCUT2D eigenvalue weighted by atomic mass is 19.2. The highest BCUT2D eigenvalue weighted by Crippen LogP contribution is 2.66. The van der Waals surface area contributed by atoms with Crippen LogP contribution in [0.3, 0.4) is 0 Å². The molecule has 3 fully saturated rings. The number of halogens is 3. The van der Waals surface area contributed by atoms with Crippen molar-refractivity contribution in [3.63, 3.8) is 0 Å². The Labute approximate surface area is 182 Å². The average Bonchev–Trinajstić information content (AvgIpc) is 3.34. The van der Waals surface area contributed by atoms with Crippen molar-refractivity contribution in [2.24, 2.45) is 0 Å². The maximum absolute atomic E-state index is 14.5. The minimum Gasteiger partial charge on any atom is -0.373 e. The summed E-state index contributed by atoms with van der Waals surface area (Å²) < 4.78 is 44.0. The van der Waals surface area contributed by atoms with Gasteiger partial charge in [-0.25, -0.2) is 18.2 Å². The Morgan fingerprint density at radius 1 is 1.06 bits per heavy atom. The van der Waals surface area contributed by atoms with Gasteiger partial charge in [0.05, 0.1) is 23.2 Å². The Bertz CT molecular complexity index is 1230. The van der Waals surface area contributed by atoms with Crippen molar-refractivity contribution in [1.82, 2.24) is 19.5 Å². The lowest BCUT2D eigenvalue weighted by Gasteiger charge is -2.70. The summed E-state index contributed by atoms with van der Waals surface area (Å²) in [6.07, 6.45) is 7.38. The van der Waals surface area contributed by atoms with Gasteiger partial charge in [0.15, 0.2) is 17.5 Å². The zero-order chi connectivity index (χ0) is 22.3. The second-order valence-electron chi connectivity index (χ2n) is 9.13. The summed E-state index contributed by atoms with van der Waals surface area (Å²) in [6, 6.07) is 2.18. The van der Waals surface area contributed by atoms with Crippen LogP contribution in [-0.2, 0) is 12.0 Å². The van der Waals surface area contributed by atoms with Crippen LogP contribution < -0.4 is 15.5 Å². The van der Waals surface area contributed by atoms with Gasteiger partial charge >= 0.3 is 0 Å². The van der Waals surface area contributed by atoms with E-state index in [9.17, 15) is 13.2 Å². The summed E-state index contributed by atoms with van der Waals surface area (Å²) >= 11 is 0. The van der Waals surface area contributed by atoms with Gasteiger partial charge in [-0.3, -0.25) is 0 Å². The van der Waals surface area contributed by atoms with Gasteiger partial charge in [-0.15, -0.1) is 0 Å². The standard InChI is InChI=1S/C22H22F3N7/c1-12-7-31(11-27-12)22-8-21(9-22,10-22)30-20-28-18(26-2)13-5-6-32(19(13)29-20)15-4-3-14(23)16(24)17(15)25/h3-4,7,11H,5-6,8-10H2,1-2H3,(H2,26,28,29,30). The van der Waals surface area contributed by atoms with Gasteiger partial charge in [-0.05, 0) is 44.7 Å². The van der Waals surface area contributed by atoms with Gasteiger partial charge < -0.3 is 20.1 Å². The molecular weight excluding hydrogens is 419 g/mol. The maximum atomic E-state index is 14.5. The van der Waals surface area contributed by atoms with E-state index in [1.807, 2.05) is 13.3 Å². The molecule has 3 aliphatic carbocycles. The zero-order valence-electron chi connectivity index (χ0n) is 17.7. The summed E-state index contributed by atoms with van der Waals surface area (Å²) in [7, 11) is 1.77. The van der Waals surface area contributed by atoms with E-state index in [2.05, 4.69) is 36.3 Å². The normalized spacial score (nSPS) is 25.2. The van der Waals surface area contributed by atoms with Crippen LogP contribution in [-0.4, -0.2) is 38.7 Å². The largest absolute Gasteiger partial charge is 0.373 e. The van der Waals surface area contributed by atoms with Crippen LogP contribution in [0.25, 0.3) is 0 Å². The highest BCUT2D eigenvalue weighted by Gasteiger charge is 2.69. The molecule has 3 heterocycles. The fraction of sp³-hybridized carbons (Fsp3) is 0.409. The van der Waals surface area contributed by atoms with E-state index in [0.29, 0.717) is 30.5 Å². The van der Waals surface area contributed by atoms with Crippen molar-refractivity contribution >= 4 is 23.3 Å². The first-order valence-corrected chi connectivity index (χ1v) is 10.6. The van der Waals surface area contributed by atoms with E-state index in [1.165, 1.54) is 6.07 Å². The van der Waals surface area contributed by atoms with Crippen LogP contribution in [0.1, 0.15) is 30.5 Å². The Morgan fingerprint density at radius 2 is 1.84 bits per heavy atom. The molecule has 2 bridgehead atoms. The Hall–Kier alpha value is -3.30. The number of hydrogen-bond acceptors (Lipinski definition) is 6. The maximum Gasteiger partial charge on any atom is 0.227 e. The van der Waals surface area contributed by atoms with Gasteiger partial charge in [0, 0.05) is 30.9 Å². The molecule has 3 aromatic rings. The molecule has 0 amide bonds. The van der Waals surface area contributed by atoms with Crippen LogP contribution in [0.2, 0.25) is 0 Å². The first-order valence-electron chi connectivity index (χ1n) is 10.6. The van der Waals surface area contributed by atoms with E-state index in [0.717, 1.165) is 36.6 Å². The third-order valence-electron chi connectivity index (χ3n) is 7.01. The number of fused-ring (bicyclic) bond motifs is 1. The zero-order valence-corrected chi connectivity index (χ0v) is 17.7. The molecule has 166 valence electrons. The van der Waals surface area contributed by atoms with Crippen molar-refractivity contribution in [2.45, 2.75) is 43.7 Å². The monoisotopic (exact) mass is 441 g/mol. The fourth-order valence-corrected chi connectivity index (χ4v) is 5.54. The number of nitrogens with one attached hydrogen (secondary N) is 2. The molecule has 32 heavy (non-hydrogen) atoms. The summed E-state index contributed by atoms with van der Waals surface area (Å²) in [5, 5.41) is 6.57. The molecule has 0 unspecified atom stereocenters. The quantitative estimate of drug-likeness (QED) is 0.586. The Balaban J connectivity index is 1.29. The number of benzene rings is 1. The van der Waals surface area contributed by atoms with Crippen LogP contribution in [0.15, 0.2) is 24.7 Å². The second kappa shape index (κ2) is 6.36. The lowest BCUT2D eigenvalue weighted by molar-refractivity contribution is -0.100. The molecule has 2 aromatic heterocycles. The molecule has 7 nitrogen and oxygen atoms in total. The van der Waals surface area contributed by atoms with Crippen molar-refractivity contribution in [1.29, 1.82) is 0 Å². The Kier molecular flexibility index (Phi) is 3.86. The molecule has 0 spiro atoms. The molecule has 10 heteroatoms. The van der Waals surface area contributed by atoms with E-state index in [-0.39, 0.29) is 16.8 Å². The lowest BCUT2D eigenvalue weighted by Crippen LogP contribution is -2.75. The molecular formula is C22H22F3N7. The number of anilines is 4. The molecule has 0 atom stereocenters. The van der Waals surface area contributed by atoms with Crippen molar-refractivity contribution in [3.8, 4) is 0 Å². The molecule has 3 saturated carbocycles. The van der Waals surface area contributed by atoms with Gasteiger partial charge in [0.1, 0.15) is 11.6 Å². The van der Waals surface area contributed by atoms with Gasteiger partial charge in [-0.1, -0.05) is 0 Å². The van der Waals surface area contributed by atoms with E-state index >= 15 is 0 Å². The molecule has 1 aliphatic heterocycles. The third-order valence-corrected chi connectivity index (χ3v) is 7.01. The van der Waals surface area contributed by atoms with Gasteiger partial charge in [-0.2, -0.15) is 9.97 Å². The molecule has 7 rings (SSSR count). The first kappa shape index (κ1) is 19.4. The Morgan fingerprint density at radius 3 is 2.53 bits per heavy atom. The van der Waals surface area contributed by atoms with E-state index in [1.54, 1.807) is 11.9 Å². The summed E-state index contributed by atoms with van der Waals surface area (Å²) in [6.45, 7) is 2.38. The smallest absolute Gasteiger partial charge is 0.227 e. The molecule has 1 aromatic carbocycles. The third kappa shape index (κ3) is 2.58. The predicted octanol–water partition coefficient (Wildman–Crippen LogP) is 3.88. The van der Waals surface area contributed by atoms with Crippen LogP contribution >= 0.6 is 0 Å². The minimum atomic E-state index is -1.48. The fourth-order valence-electron chi connectivity index (χ4n) is 5.54. The molecule has 4 aliphatic rings. The van der Waals surface area contributed by atoms with Crippen molar-refractivity contribution in [3.05, 3.63) is 53.4 Å². The van der Waals surface area contributed by atoms with Gasteiger partial charge in [0.25, 0.3) is 0 Å². The SMILES string of the molecule is CNc1nc(NC23CC(n4cnc(C)c4)(C2)C3)nc2c1CCN2c1ccc(F)c(F)c1F. The molecule has 0 saturated heterocycles. The van der Waals surface area contributed by atoms with Gasteiger partial charge in [0.2, 0.25) is 5.95 Å². The first-order chi connectivity index (χ1) is 15.3. The number of aromatic nitrogens is 4. The number of aryl methyl sites for hydroxylation is 1. The summed E-state index contributed by atoms with van der Waals surface area (Å²) in [5.41, 5.74) is 1.83. The highest BCUT2D eigenvalue weighted by molar-refractivity contribution is 5.73. The number of imidazole rings is 1. The molecule has 0 radical (unpaired) electrons. The lowest BCUT2D eigenvalue weighted by atomic mass is 9.44. The van der Waals surface area contributed by atoms with Crippen LogP contribution in [0.5, 0.6) is 0 Å². The second-order valence-corrected chi connectivity index (χ2v) is 9.13. The molecule has 2 N–H and O–H groups in total. The topological polar surface area (TPSA) is 70.9 Å². The van der Waals surface area contributed by atoms with Crippen LogP contribution in [0.4, 0.5) is 36.4 Å². The van der Waals surface area contributed by atoms with Crippen molar-refractivity contribution < 1.29 is 13.2 Å². The van der Waals surface area contributed by atoms with Crippen LogP contribution in [0, 0.1) is 24.4 Å². The minimum absolute atomic E-state index is 0.0331. The predicted molar refractivity (Wildman–Crippen MR) is 114 cm³/mol. The number of rotatable bonds is 5. The average molecular weight is 441 g/mol. The van der Waals surface area contributed by atoms with E-state index in [4.69, 9.17) is 0 Å².